The van der Waals surface area contributed by atoms with Crippen molar-refractivity contribution in [3.63, 3.8) is 0 Å². The Morgan fingerprint density at radius 2 is 2.00 bits per heavy atom. The maximum atomic E-state index is 10.5. The highest BCUT2D eigenvalue weighted by Crippen LogP contribution is 2.21. The van der Waals surface area contributed by atoms with Gasteiger partial charge in [-0.05, 0) is 25.4 Å². The molecule has 0 heterocycles. The van der Waals surface area contributed by atoms with E-state index in [0.717, 1.165) is 0 Å². The Balaban J connectivity index is 4.13. The van der Waals surface area contributed by atoms with Crippen molar-refractivity contribution < 1.29 is 9.59 Å². The van der Waals surface area contributed by atoms with Gasteiger partial charge in [0.2, 0.25) is 5.24 Å². The predicted octanol–water partition coefficient (Wildman–Crippen LogP) is 1.42. The molecule has 10 heavy (non-hydrogen) atoms. The monoisotopic (exact) mass is 180 g/mol. The molecule has 0 N–H and O–H groups in total. The molecule has 0 aromatic rings. The Labute approximate surface area is 70.3 Å². The van der Waals surface area contributed by atoms with Gasteiger partial charge in [-0.25, -0.2) is 0 Å². The molecule has 0 spiro atoms. The molecule has 0 aliphatic heterocycles. The molecule has 58 valence electrons. The lowest BCUT2D eigenvalue weighted by Crippen LogP contribution is -2.27. The minimum atomic E-state index is -1.01. The molecule has 0 unspecified atom stereocenters. The molecule has 4 heteroatoms. The fraction of sp³-hybridized carbons (Fsp3) is 0.667. The van der Waals surface area contributed by atoms with E-state index in [1.807, 2.05) is 0 Å². The normalized spacial score (nSPS) is 16.0. The van der Waals surface area contributed by atoms with E-state index >= 15 is 0 Å². The molecule has 0 aromatic heterocycles. The maximum Gasteiger partial charge on any atom is 0.237 e. The maximum absolute atomic E-state index is 10.5. The van der Waals surface area contributed by atoms with Crippen molar-refractivity contribution in [2.24, 2.45) is 0 Å². The number of hydrogen-bond donors (Lipinski definition) is 1. The zero-order chi connectivity index (χ0) is 8.36. The molecule has 0 bridgehead atoms. The van der Waals surface area contributed by atoms with Gasteiger partial charge in [0.25, 0.3) is 0 Å². The van der Waals surface area contributed by atoms with Crippen LogP contribution in [0.25, 0.3) is 0 Å². The van der Waals surface area contributed by atoms with Crippen molar-refractivity contribution in [3.8, 4) is 0 Å². The second-order valence-corrected chi connectivity index (χ2v) is 3.76. The number of hydrogen-bond acceptors (Lipinski definition) is 3. The van der Waals surface area contributed by atoms with Crippen molar-refractivity contribution in [3.05, 3.63) is 0 Å². The van der Waals surface area contributed by atoms with Crippen LogP contribution in [0.1, 0.15) is 20.3 Å². The van der Waals surface area contributed by atoms with Crippen molar-refractivity contribution in [2.45, 2.75) is 25.0 Å². The summed E-state index contributed by atoms with van der Waals surface area (Å²) in [6.45, 7) is 2.92. The first kappa shape index (κ1) is 9.98. The van der Waals surface area contributed by atoms with E-state index in [-0.39, 0.29) is 12.2 Å². The van der Waals surface area contributed by atoms with Gasteiger partial charge in [0.15, 0.2) is 0 Å². The summed E-state index contributed by atoms with van der Waals surface area (Å²) < 4.78 is -1.01. The first-order chi connectivity index (χ1) is 4.36. The average molecular weight is 181 g/mol. The third kappa shape index (κ3) is 3.22. The third-order valence-electron chi connectivity index (χ3n) is 1.02. The van der Waals surface area contributed by atoms with Crippen LogP contribution in [0.2, 0.25) is 0 Å². The second kappa shape index (κ2) is 3.39. The van der Waals surface area contributed by atoms with Gasteiger partial charge in [-0.3, -0.25) is 9.59 Å². The van der Waals surface area contributed by atoms with Crippen molar-refractivity contribution in [1.29, 1.82) is 0 Å². The Morgan fingerprint density at radius 1 is 1.60 bits per heavy atom. The predicted molar refractivity (Wildman–Crippen MR) is 43.5 cm³/mol. The van der Waals surface area contributed by atoms with Crippen LogP contribution < -0.4 is 0 Å². The number of carbonyl (C=O) groups excluding carboxylic acids is 2. The molecule has 0 rings (SSSR count). The van der Waals surface area contributed by atoms with Crippen LogP contribution in [-0.4, -0.2) is 15.8 Å². The van der Waals surface area contributed by atoms with Crippen LogP contribution >= 0.6 is 24.2 Å². The molecule has 0 aliphatic rings. The fourth-order valence-corrected chi connectivity index (χ4v) is 0.844. The topological polar surface area (TPSA) is 34.1 Å². The number of ketones is 1. The highest BCUT2D eigenvalue weighted by atomic mass is 35.5. The fourth-order valence-electron chi connectivity index (χ4n) is 0.554. The minimum absolute atomic E-state index is 0.0818. The molecular weight excluding hydrogens is 172 g/mol. The average Bonchev–Trinajstić information content (AvgIpc) is 1.60. The van der Waals surface area contributed by atoms with E-state index in [4.69, 9.17) is 11.6 Å². The Kier molecular flexibility index (Phi) is 3.39. The number of thiol groups is 1. The van der Waals surface area contributed by atoms with Gasteiger partial charge in [0.1, 0.15) is 5.78 Å². The van der Waals surface area contributed by atoms with Gasteiger partial charge in [0.05, 0.1) is 4.75 Å². The SMILES string of the molecule is CC(=O)C[C@](C)(S)C(=O)Cl. The lowest BCUT2D eigenvalue weighted by molar-refractivity contribution is -0.121. The molecule has 1 atom stereocenters. The van der Waals surface area contributed by atoms with Crippen LogP contribution in [0.15, 0.2) is 0 Å². The van der Waals surface area contributed by atoms with Gasteiger partial charge in [-0.1, -0.05) is 0 Å². The first-order valence-corrected chi connectivity index (χ1v) is 3.60. The molecule has 0 amide bonds. The minimum Gasteiger partial charge on any atom is -0.300 e. The smallest absolute Gasteiger partial charge is 0.237 e. The van der Waals surface area contributed by atoms with Gasteiger partial charge in [0, 0.05) is 6.42 Å². The Hall–Kier alpha value is -0.0200. The number of halogens is 1. The standard InChI is InChI=1S/C6H9ClO2S/c1-4(8)3-6(2,10)5(7)9/h10H,3H2,1-2H3/t6-/m0/s1. The molecule has 0 saturated carbocycles. The molecule has 0 saturated heterocycles. The van der Waals surface area contributed by atoms with Crippen molar-refractivity contribution in [1.82, 2.24) is 0 Å². The van der Waals surface area contributed by atoms with Crippen molar-refractivity contribution >= 4 is 35.3 Å². The van der Waals surface area contributed by atoms with Gasteiger partial charge in [-0.15, -0.1) is 0 Å². The summed E-state index contributed by atoms with van der Waals surface area (Å²) >= 11 is 9.06. The number of Topliss-reactive ketones (excluding diaryl/α,β-unsaturated/α-hetero) is 1. The highest BCUT2D eigenvalue weighted by Gasteiger charge is 2.28. The lowest BCUT2D eigenvalue weighted by Gasteiger charge is -2.15. The van der Waals surface area contributed by atoms with Crippen LogP contribution in [-0.2, 0) is 9.59 Å². The van der Waals surface area contributed by atoms with E-state index < -0.39 is 9.99 Å². The molecule has 0 aromatic carbocycles. The largest absolute Gasteiger partial charge is 0.300 e. The van der Waals surface area contributed by atoms with Crippen LogP contribution in [0, 0.1) is 0 Å². The summed E-state index contributed by atoms with van der Waals surface area (Å²) in [5.74, 6) is -0.0912. The molecule has 0 fully saturated rings. The first-order valence-electron chi connectivity index (χ1n) is 2.78. The molecule has 0 aliphatic carbocycles. The molecule has 2 nitrogen and oxygen atoms in total. The summed E-state index contributed by atoms with van der Waals surface area (Å²) in [5.41, 5.74) is 0. The van der Waals surface area contributed by atoms with Crippen LogP contribution in [0.3, 0.4) is 0 Å². The summed E-state index contributed by atoms with van der Waals surface area (Å²) in [5, 5.41) is -0.592. The quantitative estimate of drug-likeness (QED) is 0.527. The zero-order valence-electron chi connectivity index (χ0n) is 5.85. The second-order valence-electron chi connectivity index (χ2n) is 2.43. The summed E-state index contributed by atoms with van der Waals surface area (Å²) in [7, 11) is 0. The van der Waals surface area contributed by atoms with E-state index in [1.54, 1.807) is 0 Å². The zero-order valence-corrected chi connectivity index (χ0v) is 7.50. The summed E-state index contributed by atoms with van der Waals surface area (Å²) in [4.78, 5) is 21.0. The van der Waals surface area contributed by atoms with Crippen molar-refractivity contribution in [2.75, 3.05) is 0 Å². The Bertz CT molecular complexity index is 165. The van der Waals surface area contributed by atoms with E-state index in [9.17, 15) is 9.59 Å². The number of rotatable bonds is 3. The third-order valence-corrected chi connectivity index (χ3v) is 1.93. The van der Waals surface area contributed by atoms with Gasteiger partial charge in [-0.2, -0.15) is 12.6 Å². The lowest BCUT2D eigenvalue weighted by atomic mass is 10.1. The van der Waals surface area contributed by atoms with E-state index in [1.165, 1.54) is 13.8 Å². The van der Waals surface area contributed by atoms with E-state index in [2.05, 4.69) is 12.6 Å². The molecule has 0 radical (unpaired) electrons. The number of carbonyl (C=O) groups is 2. The highest BCUT2D eigenvalue weighted by molar-refractivity contribution is 7.83. The molecular formula is C6H9ClO2S. The summed E-state index contributed by atoms with van der Waals surface area (Å²) in [6.07, 6.45) is 0.0818. The van der Waals surface area contributed by atoms with Gasteiger partial charge < -0.3 is 0 Å². The summed E-state index contributed by atoms with van der Waals surface area (Å²) in [6, 6.07) is 0. The van der Waals surface area contributed by atoms with E-state index in [0.29, 0.717) is 0 Å². The van der Waals surface area contributed by atoms with Crippen LogP contribution in [0.5, 0.6) is 0 Å². The Morgan fingerprint density at radius 3 is 2.10 bits per heavy atom. The van der Waals surface area contributed by atoms with Crippen LogP contribution in [0.4, 0.5) is 0 Å². The van der Waals surface area contributed by atoms with Gasteiger partial charge >= 0.3 is 0 Å².